The van der Waals surface area contributed by atoms with Crippen LogP contribution in [0.4, 0.5) is 0 Å². The molecule has 4 aliphatic rings. The van der Waals surface area contributed by atoms with E-state index < -0.39 is 83.6 Å². The Morgan fingerprint density at radius 1 is 1.02 bits per heavy atom. The molecule has 0 aromatic rings. The molecular weight excluding hydrogens is 536 g/mol. The van der Waals surface area contributed by atoms with E-state index in [1.807, 2.05) is 13.8 Å². The average Bonchev–Trinajstić information content (AvgIpc) is 3.18. The molecule has 3 fully saturated rings. The number of allylic oxidation sites excluding steroid dienone is 4. The van der Waals surface area contributed by atoms with Gasteiger partial charge in [0.15, 0.2) is 12.1 Å². The van der Waals surface area contributed by atoms with E-state index in [1.54, 1.807) is 39.0 Å². The lowest BCUT2D eigenvalue weighted by atomic mass is 9.58. The maximum atomic E-state index is 13.5. The zero-order valence-electron chi connectivity index (χ0n) is 24.4. The summed E-state index contributed by atoms with van der Waals surface area (Å²) >= 11 is 0. The molecule has 11 nitrogen and oxygen atoms in total. The van der Waals surface area contributed by atoms with Gasteiger partial charge in [-0.3, -0.25) is 4.79 Å². The predicted octanol–water partition coefficient (Wildman–Crippen LogP) is 0.440. The molecule has 232 valence electrons. The minimum absolute atomic E-state index is 0.0998. The fourth-order valence-electron chi connectivity index (χ4n) is 7.15. The largest absolute Gasteiger partial charge is 0.472 e. The number of aliphatic hydroxyl groups excluding tert-OH is 4. The molecule has 12 atom stereocenters. The molecule has 0 spiro atoms. The summed E-state index contributed by atoms with van der Waals surface area (Å²) < 4.78 is 16.9. The Morgan fingerprint density at radius 2 is 1.71 bits per heavy atom. The van der Waals surface area contributed by atoms with Crippen LogP contribution >= 0.6 is 0 Å². The molecule has 2 aliphatic heterocycles. The smallest absolute Gasteiger partial charge is 0.207 e. The second-order valence-electron chi connectivity index (χ2n) is 13.3. The molecule has 11 heteroatoms. The summed E-state index contributed by atoms with van der Waals surface area (Å²) in [5, 5.41) is 73.9. The van der Waals surface area contributed by atoms with Gasteiger partial charge >= 0.3 is 0 Å². The highest BCUT2D eigenvalue weighted by atomic mass is 16.8. The van der Waals surface area contributed by atoms with Crippen LogP contribution in [0, 0.1) is 23.2 Å². The molecule has 0 aromatic heterocycles. The van der Waals surface area contributed by atoms with Crippen LogP contribution in [-0.2, 0) is 19.0 Å². The molecule has 2 heterocycles. The molecule has 0 unspecified atom stereocenters. The number of carbonyl (C=O) groups excluding carboxylic acids is 1. The van der Waals surface area contributed by atoms with Gasteiger partial charge in [0.05, 0.1) is 30.0 Å². The molecule has 4 rings (SSSR count). The number of rotatable bonds is 7. The highest BCUT2D eigenvalue weighted by Crippen LogP contribution is 2.51. The van der Waals surface area contributed by atoms with E-state index in [-0.39, 0.29) is 12.2 Å². The van der Waals surface area contributed by atoms with Crippen molar-refractivity contribution in [3.63, 3.8) is 0 Å². The number of ketones is 1. The van der Waals surface area contributed by atoms with Gasteiger partial charge in [-0.05, 0) is 75.7 Å². The maximum Gasteiger partial charge on any atom is 0.207 e. The van der Waals surface area contributed by atoms with Crippen LogP contribution in [0.15, 0.2) is 36.1 Å². The lowest BCUT2D eigenvalue weighted by molar-refractivity contribution is -0.346. The van der Waals surface area contributed by atoms with Crippen LogP contribution in [0.5, 0.6) is 0 Å². The molecule has 0 aromatic carbocycles. The first kappa shape index (κ1) is 32.2. The number of ether oxygens (including phenoxy) is 3. The Labute approximate surface area is 240 Å². The van der Waals surface area contributed by atoms with E-state index in [4.69, 9.17) is 14.2 Å². The first-order valence-corrected chi connectivity index (χ1v) is 14.3. The molecule has 2 saturated carbocycles. The second kappa shape index (κ2) is 11.4. The fraction of sp³-hybridized carbons (Fsp3) is 0.767. The standard InChI is InChI=1S/C30H46O11/c1-16(7-11-30(38)27(2,3)9-6-10-29(30,5)37)13-19(32)18-14-28(4,36)21-17(18)8-12-39-25(21)41-26-24(35)23(34)22(33)20(15-31)40-26/h7-8,11-13,17-18,20-26,31,33-38H,6,9-10,14-15H2,1-5H3/b11-7+,16-13+/t17-,18+,20+,21+,22+,23-,24+,25-,26-,28-,29+,30+/m0/s1. The van der Waals surface area contributed by atoms with Gasteiger partial charge in [-0.2, -0.15) is 0 Å². The van der Waals surface area contributed by atoms with Gasteiger partial charge in [-0.1, -0.05) is 19.9 Å². The molecule has 2 aliphatic carbocycles. The van der Waals surface area contributed by atoms with Crippen LogP contribution in [0.3, 0.4) is 0 Å². The van der Waals surface area contributed by atoms with Crippen molar-refractivity contribution in [1.29, 1.82) is 0 Å². The van der Waals surface area contributed by atoms with E-state index in [2.05, 4.69) is 0 Å². The average molecular weight is 583 g/mol. The minimum atomic E-state index is -1.65. The van der Waals surface area contributed by atoms with Crippen LogP contribution in [0.2, 0.25) is 0 Å². The lowest BCUT2D eigenvalue weighted by Gasteiger charge is -2.53. The highest BCUT2D eigenvalue weighted by molar-refractivity contribution is 5.93. The summed E-state index contributed by atoms with van der Waals surface area (Å²) in [5.74, 6) is -2.09. The molecular formula is C30H46O11. The van der Waals surface area contributed by atoms with Gasteiger partial charge in [-0.25, -0.2) is 0 Å². The normalized spacial score (nSPS) is 48.2. The Morgan fingerprint density at radius 3 is 2.34 bits per heavy atom. The number of hydrogen-bond acceptors (Lipinski definition) is 11. The van der Waals surface area contributed by atoms with Crippen molar-refractivity contribution >= 4 is 5.78 Å². The van der Waals surface area contributed by atoms with Gasteiger partial charge < -0.3 is 50.0 Å². The van der Waals surface area contributed by atoms with Gasteiger partial charge in [0.25, 0.3) is 0 Å². The summed E-state index contributed by atoms with van der Waals surface area (Å²) in [5.41, 5.74) is -4.22. The van der Waals surface area contributed by atoms with Gasteiger partial charge in [0, 0.05) is 11.8 Å². The summed E-state index contributed by atoms with van der Waals surface area (Å²) in [6, 6.07) is 0. The number of aliphatic hydroxyl groups is 7. The Bertz CT molecular complexity index is 1040. The fourth-order valence-corrected chi connectivity index (χ4v) is 7.15. The second-order valence-corrected chi connectivity index (χ2v) is 13.3. The molecule has 7 N–H and O–H groups in total. The van der Waals surface area contributed by atoms with Crippen LogP contribution in [0.25, 0.3) is 0 Å². The van der Waals surface area contributed by atoms with Crippen LogP contribution in [0.1, 0.15) is 60.3 Å². The third kappa shape index (κ3) is 5.81. The van der Waals surface area contributed by atoms with E-state index in [0.717, 1.165) is 12.8 Å². The third-order valence-electron chi connectivity index (χ3n) is 9.80. The van der Waals surface area contributed by atoms with Crippen molar-refractivity contribution < 1.29 is 54.8 Å². The van der Waals surface area contributed by atoms with Crippen molar-refractivity contribution in [1.82, 2.24) is 0 Å². The molecule has 0 bridgehead atoms. The number of carbonyl (C=O) groups is 1. The zero-order chi connectivity index (χ0) is 30.5. The summed E-state index contributed by atoms with van der Waals surface area (Å²) in [7, 11) is 0. The van der Waals surface area contributed by atoms with Crippen LogP contribution in [-0.4, -0.2) is 102 Å². The Hall–Kier alpha value is -1.67. The van der Waals surface area contributed by atoms with E-state index in [0.29, 0.717) is 12.0 Å². The number of fused-ring (bicyclic) bond motifs is 1. The quantitative estimate of drug-likeness (QED) is 0.163. The Balaban J connectivity index is 1.51. The summed E-state index contributed by atoms with van der Waals surface area (Å²) in [6.45, 7) is 8.14. The van der Waals surface area contributed by atoms with Crippen molar-refractivity contribution in [2.75, 3.05) is 6.61 Å². The molecule has 0 amide bonds. The summed E-state index contributed by atoms with van der Waals surface area (Å²) in [4.78, 5) is 13.5. The third-order valence-corrected chi connectivity index (χ3v) is 9.80. The van der Waals surface area contributed by atoms with Crippen molar-refractivity contribution in [2.24, 2.45) is 23.2 Å². The zero-order valence-corrected chi connectivity index (χ0v) is 24.4. The van der Waals surface area contributed by atoms with Crippen molar-refractivity contribution in [3.8, 4) is 0 Å². The van der Waals surface area contributed by atoms with Crippen molar-refractivity contribution in [3.05, 3.63) is 36.1 Å². The topological polar surface area (TPSA) is 186 Å². The number of hydrogen-bond donors (Lipinski definition) is 7. The molecule has 41 heavy (non-hydrogen) atoms. The minimum Gasteiger partial charge on any atom is -0.472 e. The predicted molar refractivity (Wildman–Crippen MR) is 146 cm³/mol. The maximum absolute atomic E-state index is 13.5. The van der Waals surface area contributed by atoms with Gasteiger partial charge in [-0.15, -0.1) is 0 Å². The van der Waals surface area contributed by atoms with Gasteiger partial charge in [0.1, 0.15) is 30.0 Å². The highest BCUT2D eigenvalue weighted by Gasteiger charge is 2.58. The monoisotopic (exact) mass is 582 g/mol. The van der Waals surface area contributed by atoms with E-state index in [9.17, 15) is 40.5 Å². The first-order valence-electron chi connectivity index (χ1n) is 14.3. The molecule has 1 saturated heterocycles. The van der Waals surface area contributed by atoms with E-state index in [1.165, 1.54) is 12.3 Å². The summed E-state index contributed by atoms with van der Waals surface area (Å²) in [6.07, 6.45) is 1.20. The first-order chi connectivity index (χ1) is 19.0. The SMILES string of the molecule is CC(/C=C/[C@@]1(O)C(C)(C)CCC[C@@]1(C)O)=C\C(=O)[C@@H]1C[C@](C)(O)[C@H]2[C@H](O[C@@H]3O[C@H](CO)[C@@H](O)[C@H](O)[C@H]3O)OC=C[C@H]21. The Kier molecular flexibility index (Phi) is 9.00. The van der Waals surface area contributed by atoms with Crippen LogP contribution < -0.4 is 0 Å². The van der Waals surface area contributed by atoms with Crippen molar-refractivity contribution in [2.45, 2.75) is 114 Å². The van der Waals surface area contributed by atoms with Gasteiger partial charge in [0.2, 0.25) is 6.29 Å². The lowest BCUT2D eigenvalue weighted by Crippen LogP contribution is -2.62. The van der Waals surface area contributed by atoms with E-state index >= 15 is 0 Å². The molecule has 0 radical (unpaired) electrons.